The summed E-state index contributed by atoms with van der Waals surface area (Å²) in [6, 6.07) is 14.0. The number of carbonyl (C=O) groups excluding carboxylic acids is 1. The van der Waals surface area contributed by atoms with Gasteiger partial charge in [-0.15, -0.1) is 0 Å². The molecule has 1 unspecified atom stereocenters. The first-order valence-electron chi connectivity index (χ1n) is 7.42. The maximum absolute atomic E-state index is 12.3. The SMILES string of the molecule is O=C(COc1cccnc1)N1CCNC(c2ccccc2)C1. The van der Waals surface area contributed by atoms with Gasteiger partial charge in [-0.1, -0.05) is 30.3 Å². The van der Waals surface area contributed by atoms with Gasteiger partial charge in [0.2, 0.25) is 0 Å². The van der Waals surface area contributed by atoms with Crippen molar-refractivity contribution in [1.29, 1.82) is 0 Å². The van der Waals surface area contributed by atoms with Gasteiger partial charge < -0.3 is 15.0 Å². The normalized spacial score (nSPS) is 18.0. The molecular formula is C17H19N3O2. The second-order valence-corrected chi connectivity index (χ2v) is 5.23. The van der Waals surface area contributed by atoms with Crippen molar-refractivity contribution < 1.29 is 9.53 Å². The molecule has 1 saturated heterocycles. The summed E-state index contributed by atoms with van der Waals surface area (Å²) in [6.45, 7) is 2.21. The Balaban J connectivity index is 1.56. The van der Waals surface area contributed by atoms with E-state index in [9.17, 15) is 4.79 Å². The van der Waals surface area contributed by atoms with Crippen LogP contribution in [0, 0.1) is 0 Å². The third-order valence-electron chi connectivity index (χ3n) is 3.73. The van der Waals surface area contributed by atoms with Gasteiger partial charge in [0.1, 0.15) is 5.75 Å². The Morgan fingerprint density at radius 2 is 2.14 bits per heavy atom. The second kappa shape index (κ2) is 7.04. The van der Waals surface area contributed by atoms with Gasteiger partial charge in [0, 0.05) is 31.9 Å². The molecule has 1 aromatic heterocycles. The maximum atomic E-state index is 12.3. The van der Waals surface area contributed by atoms with E-state index in [2.05, 4.69) is 22.4 Å². The number of hydrogen-bond acceptors (Lipinski definition) is 4. The van der Waals surface area contributed by atoms with Crippen molar-refractivity contribution in [2.75, 3.05) is 26.2 Å². The van der Waals surface area contributed by atoms with E-state index < -0.39 is 0 Å². The summed E-state index contributed by atoms with van der Waals surface area (Å²) in [6.07, 6.45) is 3.28. The molecule has 0 radical (unpaired) electrons. The van der Waals surface area contributed by atoms with Gasteiger partial charge in [-0.25, -0.2) is 0 Å². The maximum Gasteiger partial charge on any atom is 0.260 e. The quantitative estimate of drug-likeness (QED) is 0.932. The lowest BCUT2D eigenvalue weighted by Crippen LogP contribution is -2.49. The average molecular weight is 297 g/mol. The summed E-state index contributed by atoms with van der Waals surface area (Å²) in [7, 11) is 0. The highest BCUT2D eigenvalue weighted by Gasteiger charge is 2.24. The molecule has 1 fully saturated rings. The third-order valence-corrected chi connectivity index (χ3v) is 3.73. The van der Waals surface area contributed by atoms with Crippen LogP contribution in [0.2, 0.25) is 0 Å². The molecule has 0 saturated carbocycles. The van der Waals surface area contributed by atoms with E-state index in [1.165, 1.54) is 5.56 Å². The number of aromatic nitrogens is 1. The number of nitrogens with zero attached hydrogens (tertiary/aromatic N) is 2. The second-order valence-electron chi connectivity index (χ2n) is 5.23. The molecule has 114 valence electrons. The topological polar surface area (TPSA) is 54.5 Å². The highest BCUT2D eigenvalue weighted by atomic mass is 16.5. The molecule has 1 aromatic carbocycles. The Hall–Kier alpha value is -2.40. The van der Waals surface area contributed by atoms with Crippen molar-refractivity contribution in [3.63, 3.8) is 0 Å². The van der Waals surface area contributed by atoms with Crippen LogP contribution in [0.1, 0.15) is 11.6 Å². The summed E-state index contributed by atoms with van der Waals surface area (Å²) in [5, 5.41) is 3.45. The van der Waals surface area contributed by atoms with Crippen molar-refractivity contribution in [3.05, 3.63) is 60.4 Å². The fourth-order valence-electron chi connectivity index (χ4n) is 2.55. The first kappa shape index (κ1) is 14.5. The number of ether oxygens (including phenoxy) is 1. The van der Waals surface area contributed by atoms with Crippen molar-refractivity contribution in [2.24, 2.45) is 0 Å². The smallest absolute Gasteiger partial charge is 0.260 e. The molecule has 0 spiro atoms. The lowest BCUT2D eigenvalue weighted by Gasteiger charge is -2.34. The number of benzene rings is 1. The number of carbonyl (C=O) groups is 1. The summed E-state index contributed by atoms with van der Waals surface area (Å²) in [5.74, 6) is 0.622. The lowest BCUT2D eigenvalue weighted by molar-refractivity contribution is -0.134. The Morgan fingerprint density at radius 1 is 1.27 bits per heavy atom. The zero-order valence-corrected chi connectivity index (χ0v) is 12.3. The number of rotatable bonds is 4. The Kier molecular flexibility index (Phi) is 4.65. The van der Waals surface area contributed by atoms with E-state index in [0.717, 1.165) is 6.54 Å². The number of nitrogens with one attached hydrogen (secondary N) is 1. The summed E-state index contributed by atoms with van der Waals surface area (Å²) >= 11 is 0. The van der Waals surface area contributed by atoms with Crippen molar-refractivity contribution in [2.45, 2.75) is 6.04 Å². The first-order valence-corrected chi connectivity index (χ1v) is 7.42. The number of hydrogen-bond donors (Lipinski definition) is 1. The molecule has 0 aliphatic carbocycles. The zero-order valence-electron chi connectivity index (χ0n) is 12.3. The Bertz CT molecular complexity index is 604. The van der Waals surface area contributed by atoms with Crippen LogP contribution < -0.4 is 10.1 Å². The van der Waals surface area contributed by atoms with Crippen molar-refractivity contribution in [1.82, 2.24) is 15.2 Å². The minimum atomic E-state index is 0.00582. The number of pyridine rings is 1. The van der Waals surface area contributed by atoms with Gasteiger partial charge in [0.15, 0.2) is 6.61 Å². The lowest BCUT2D eigenvalue weighted by atomic mass is 10.0. The van der Waals surface area contributed by atoms with Crippen LogP contribution in [0.25, 0.3) is 0 Å². The molecular weight excluding hydrogens is 278 g/mol. The highest BCUT2D eigenvalue weighted by Crippen LogP contribution is 2.17. The average Bonchev–Trinajstić information content (AvgIpc) is 2.61. The van der Waals surface area contributed by atoms with Crippen LogP contribution >= 0.6 is 0 Å². The Morgan fingerprint density at radius 3 is 2.91 bits per heavy atom. The third kappa shape index (κ3) is 3.62. The molecule has 1 aliphatic rings. The first-order chi connectivity index (χ1) is 10.8. The van der Waals surface area contributed by atoms with Gasteiger partial charge >= 0.3 is 0 Å². The Labute approximate surface area is 129 Å². The molecule has 0 bridgehead atoms. The fraction of sp³-hybridized carbons (Fsp3) is 0.294. The molecule has 5 nitrogen and oxygen atoms in total. The highest BCUT2D eigenvalue weighted by molar-refractivity contribution is 5.78. The molecule has 22 heavy (non-hydrogen) atoms. The largest absolute Gasteiger partial charge is 0.482 e. The molecule has 1 aliphatic heterocycles. The molecule has 1 atom stereocenters. The van der Waals surface area contributed by atoms with Gasteiger partial charge in [-0.05, 0) is 17.7 Å². The summed E-state index contributed by atoms with van der Waals surface area (Å²) < 4.78 is 5.49. The van der Waals surface area contributed by atoms with E-state index in [-0.39, 0.29) is 18.6 Å². The molecule has 5 heteroatoms. The van der Waals surface area contributed by atoms with E-state index in [1.807, 2.05) is 23.1 Å². The summed E-state index contributed by atoms with van der Waals surface area (Å²) in [4.78, 5) is 18.1. The fourth-order valence-corrected chi connectivity index (χ4v) is 2.55. The molecule has 2 heterocycles. The molecule has 1 amide bonds. The van der Waals surface area contributed by atoms with Gasteiger partial charge in [0.25, 0.3) is 5.91 Å². The predicted molar refractivity (Wildman–Crippen MR) is 83.5 cm³/mol. The predicted octanol–water partition coefficient (Wildman–Crippen LogP) is 1.63. The van der Waals surface area contributed by atoms with Gasteiger partial charge in [0.05, 0.1) is 6.20 Å². The van der Waals surface area contributed by atoms with Gasteiger partial charge in [-0.2, -0.15) is 0 Å². The van der Waals surface area contributed by atoms with Gasteiger partial charge in [-0.3, -0.25) is 9.78 Å². The van der Waals surface area contributed by atoms with Crippen LogP contribution in [0.3, 0.4) is 0 Å². The van der Waals surface area contributed by atoms with E-state index in [4.69, 9.17) is 4.74 Å². The van der Waals surface area contributed by atoms with Crippen LogP contribution in [0.5, 0.6) is 5.75 Å². The van der Waals surface area contributed by atoms with E-state index >= 15 is 0 Å². The van der Waals surface area contributed by atoms with Crippen LogP contribution in [0.15, 0.2) is 54.9 Å². The van der Waals surface area contributed by atoms with E-state index in [1.54, 1.807) is 24.5 Å². The standard InChI is InChI=1S/C17H19N3O2/c21-17(13-22-15-7-4-8-18-11-15)20-10-9-19-16(12-20)14-5-2-1-3-6-14/h1-8,11,16,19H,9-10,12-13H2. The van der Waals surface area contributed by atoms with Crippen LogP contribution in [-0.2, 0) is 4.79 Å². The number of amides is 1. The zero-order chi connectivity index (χ0) is 15.2. The van der Waals surface area contributed by atoms with Crippen LogP contribution in [0.4, 0.5) is 0 Å². The molecule has 2 aromatic rings. The molecule has 3 rings (SSSR count). The van der Waals surface area contributed by atoms with Crippen molar-refractivity contribution >= 4 is 5.91 Å². The minimum Gasteiger partial charge on any atom is -0.482 e. The number of piperazine rings is 1. The summed E-state index contributed by atoms with van der Waals surface area (Å²) in [5.41, 5.74) is 1.20. The molecule has 1 N–H and O–H groups in total. The minimum absolute atomic E-state index is 0.00582. The van der Waals surface area contributed by atoms with E-state index in [0.29, 0.717) is 18.8 Å². The van der Waals surface area contributed by atoms with Crippen LogP contribution in [-0.4, -0.2) is 42.0 Å². The monoisotopic (exact) mass is 297 g/mol. The van der Waals surface area contributed by atoms with Crippen molar-refractivity contribution in [3.8, 4) is 5.75 Å².